The van der Waals surface area contributed by atoms with Crippen molar-refractivity contribution in [3.05, 3.63) is 36.0 Å². The lowest BCUT2D eigenvalue weighted by Gasteiger charge is -2.11. The SMILES string of the molecule is CC(O)CCNC(=O)NC(C)c1nc(-c2cccc(F)c2)no1. The monoisotopic (exact) mass is 322 g/mol. The standard InChI is InChI=1S/C15H19FN4O3/c1-9(21)6-7-17-15(22)18-10(2)14-19-13(20-23-14)11-4-3-5-12(16)8-11/h3-5,8-10,21H,6-7H2,1-2H3,(H2,17,18,22). The number of amides is 2. The molecule has 0 bridgehead atoms. The molecule has 2 aromatic rings. The van der Waals surface area contributed by atoms with E-state index in [1.807, 2.05) is 0 Å². The van der Waals surface area contributed by atoms with Crippen molar-refractivity contribution < 1.29 is 18.8 Å². The quantitative estimate of drug-likeness (QED) is 0.755. The van der Waals surface area contributed by atoms with Gasteiger partial charge in [0.1, 0.15) is 11.9 Å². The summed E-state index contributed by atoms with van der Waals surface area (Å²) in [5.41, 5.74) is 0.494. The Kier molecular flexibility index (Phi) is 5.64. The van der Waals surface area contributed by atoms with Crippen LogP contribution in [-0.4, -0.2) is 33.9 Å². The summed E-state index contributed by atoms with van der Waals surface area (Å²) in [7, 11) is 0. The average molecular weight is 322 g/mol. The van der Waals surface area contributed by atoms with E-state index in [1.165, 1.54) is 12.1 Å². The molecule has 2 amide bonds. The molecule has 1 aromatic carbocycles. The Hall–Kier alpha value is -2.48. The van der Waals surface area contributed by atoms with Crippen molar-refractivity contribution in [3.63, 3.8) is 0 Å². The Labute approximate surface area is 132 Å². The molecular weight excluding hydrogens is 303 g/mol. The number of nitrogens with zero attached hydrogens (tertiary/aromatic N) is 2. The van der Waals surface area contributed by atoms with Crippen LogP contribution in [0.2, 0.25) is 0 Å². The fourth-order valence-corrected chi connectivity index (χ4v) is 1.86. The number of aliphatic hydroxyl groups excluding tert-OH is 1. The van der Waals surface area contributed by atoms with Crippen LogP contribution in [0.1, 0.15) is 32.2 Å². The van der Waals surface area contributed by atoms with E-state index in [4.69, 9.17) is 9.63 Å². The third-order valence-corrected chi connectivity index (χ3v) is 3.09. The number of rotatable bonds is 6. The van der Waals surface area contributed by atoms with Crippen molar-refractivity contribution in [1.82, 2.24) is 20.8 Å². The van der Waals surface area contributed by atoms with E-state index in [1.54, 1.807) is 26.0 Å². The molecule has 0 aliphatic carbocycles. The summed E-state index contributed by atoms with van der Waals surface area (Å²) < 4.78 is 18.3. The van der Waals surface area contributed by atoms with Crippen LogP contribution in [-0.2, 0) is 0 Å². The number of nitrogens with one attached hydrogen (secondary N) is 2. The average Bonchev–Trinajstić information content (AvgIpc) is 2.96. The van der Waals surface area contributed by atoms with Crippen molar-refractivity contribution in [1.29, 1.82) is 0 Å². The van der Waals surface area contributed by atoms with Crippen molar-refractivity contribution in [2.45, 2.75) is 32.4 Å². The zero-order valence-electron chi connectivity index (χ0n) is 12.9. The van der Waals surface area contributed by atoms with Crippen LogP contribution in [0.25, 0.3) is 11.4 Å². The molecule has 124 valence electrons. The van der Waals surface area contributed by atoms with Gasteiger partial charge < -0.3 is 20.3 Å². The van der Waals surface area contributed by atoms with Gasteiger partial charge >= 0.3 is 6.03 Å². The molecular formula is C15H19FN4O3. The first-order valence-electron chi connectivity index (χ1n) is 7.27. The van der Waals surface area contributed by atoms with E-state index in [0.29, 0.717) is 18.5 Å². The highest BCUT2D eigenvalue weighted by Gasteiger charge is 2.17. The Morgan fingerprint density at radius 1 is 1.43 bits per heavy atom. The maximum atomic E-state index is 13.2. The summed E-state index contributed by atoms with van der Waals surface area (Å²) in [5.74, 6) is 0.0788. The number of urea groups is 1. The maximum absolute atomic E-state index is 13.2. The van der Waals surface area contributed by atoms with E-state index in [0.717, 1.165) is 0 Å². The van der Waals surface area contributed by atoms with E-state index < -0.39 is 24.0 Å². The lowest BCUT2D eigenvalue weighted by molar-refractivity contribution is 0.183. The zero-order chi connectivity index (χ0) is 16.8. The van der Waals surface area contributed by atoms with Crippen LogP contribution in [0.15, 0.2) is 28.8 Å². The third-order valence-electron chi connectivity index (χ3n) is 3.09. The molecule has 0 aliphatic rings. The van der Waals surface area contributed by atoms with Crippen molar-refractivity contribution >= 4 is 6.03 Å². The minimum Gasteiger partial charge on any atom is -0.393 e. The van der Waals surface area contributed by atoms with Crippen LogP contribution in [0.4, 0.5) is 9.18 Å². The Bertz CT molecular complexity index is 660. The second-order valence-corrected chi connectivity index (χ2v) is 5.23. The molecule has 1 heterocycles. The summed E-state index contributed by atoms with van der Waals surface area (Å²) in [5, 5.41) is 18.2. The van der Waals surface area contributed by atoms with E-state index in [2.05, 4.69) is 20.8 Å². The van der Waals surface area contributed by atoms with Crippen LogP contribution in [0, 0.1) is 5.82 Å². The number of aromatic nitrogens is 2. The first-order valence-corrected chi connectivity index (χ1v) is 7.27. The summed E-state index contributed by atoms with van der Waals surface area (Å²) in [4.78, 5) is 15.8. The second kappa shape index (κ2) is 7.68. The predicted octanol–water partition coefficient (Wildman–Crippen LogP) is 2.01. The number of hydrogen-bond donors (Lipinski definition) is 3. The minimum absolute atomic E-state index is 0.218. The van der Waals surface area contributed by atoms with Crippen molar-refractivity contribution in [3.8, 4) is 11.4 Å². The fraction of sp³-hybridized carbons (Fsp3) is 0.400. The van der Waals surface area contributed by atoms with Crippen molar-refractivity contribution in [2.24, 2.45) is 0 Å². The minimum atomic E-state index is -0.503. The summed E-state index contributed by atoms with van der Waals surface area (Å²) >= 11 is 0. The zero-order valence-corrected chi connectivity index (χ0v) is 12.9. The molecule has 0 fully saturated rings. The van der Waals surface area contributed by atoms with Gasteiger partial charge in [-0.25, -0.2) is 9.18 Å². The molecule has 2 atom stereocenters. The molecule has 3 N–H and O–H groups in total. The van der Waals surface area contributed by atoms with Gasteiger partial charge in [0.2, 0.25) is 11.7 Å². The Morgan fingerprint density at radius 3 is 2.91 bits per heavy atom. The highest BCUT2D eigenvalue weighted by molar-refractivity contribution is 5.74. The van der Waals surface area contributed by atoms with Gasteiger partial charge in [-0.15, -0.1) is 0 Å². The fourth-order valence-electron chi connectivity index (χ4n) is 1.86. The molecule has 23 heavy (non-hydrogen) atoms. The summed E-state index contributed by atoms with van der Waals surface area (Å²) in [6, 6.07) is 4.94. The Morgan fingerprint density at radius 2 is 2.22 bits per heavy atom. The van der Waals surface area contributed by atoms with Crippen LogP contribution in [0.5, 0.6) is 0 Å². The molecule has 0 saturated heterocycles. The normalized spacial score (nSPS) is 13.4. The first-order chi connectivity index (χ1) is 11.0. The van der Waals surface area contributed by atoms with Crippen molar-refractivity contribution in [2.75, 3.05) is 6.54 Å². The summed E-state index contributed by atoms with van der Waals surface area (Å²) in [6.45, 7) is 3.69. The predicted molar refractivity (Wildman–Crippen MR) is 80.9 cm³/mol. The van der Waals surface area contributed by atoms with Crippen LogP contribution in [0.3, 0.4) is 0 Å². The van der Waals surface area contributed by atoms with Gasteiger partial charge in [0.15, 0.2) is 0 Å². The van der Waals surface area contributed by atoms with Gasteiger partial charge in [0.25, 0.3) is 0 Å². The van der Waals surface area contributed by atoms with Gasteiger partial charge in [-0.1, -0.05) is 17.3 Å². The number of benzene rings is 1. The summed E-state index contributed by atoms with van der Waals surface area (Å²) in [6.07, 6.45) is -0.0102. The van der Waals surface area contributed by atoms with Gasteiger partial charge in [-0.2, -0.15) is 4.98 Å². The second-order valence-electron chi connectivity index (χ2n) is 5.23. The number of aliphatic hydroxyl groups is 1. The molecule has 7 nitrogen and oxygen atoms in total. The van der Waals surface area contributed by atoms with E-state index in [9.17, 15) is 9.18 Å². The molecule has 8 heteroatoms. The lowest BCUT2D eigenvalue weighted by Crippen LogP contribution is -2.38. The molecule has 1 aromatic heterocycles. The van der Waals surface area contributed by atoms with E-state index in [-0.39, 0.29) is 11.7 Å². The van der Waals surface area contributed by atoms with E-state index >= 15 is 0 Å². The number of halogens is 1. The van der Waals surface area contributed by atoms with Gasteiger partial charge in [0, 0.05) is 12.1 Å². The molecule has 0 radical (unpaired) electrons. The molecule has 2 rings (SSSR count). The number of hydrogen-bond acceptors (Lipinski definition) is 5. The highest BCUT2D eigenvalue weighted by atomic mass is 19.1. The maximum Gasteiger partial charge on any atom is 0.315 e. The van der Waals surface area contributed by atoms with Crippen LogP contribution >= 0.6 is 0 Å². The molecule has 2 unspecified atom stereocenters. The van der Waals surface area contributed by atoms with Gasteiger partial charge in [-0.05, 0) is 32.4 Å². The topological polar surface area (TPSA) is 100 Å². The lowest BCUT2D eigenvalue weighted by atomic mass is 10.2. The number of carbonyl (C=O) groups is 1. The van der Waals surface area contributed by atoms with Gasteiger partial charge in [-0.3, -0.25) is 0 Å². The smallest absolute Gasteiger partial charge is 0.315 e. The van der Waals surface area contributed by atoms with Gasteiger partial charge in [0.05, 0.1) is 6.10 Å². The molecule has 0 aliphatic heterocycles. The first kappa shape index (κ1) is 16.9. The largest absolute Gasteiger partial charge is 0.393 e. The third kappa shape index (κ3) is 5.03. The Balaban J connectivity index is 1.93. The molecule has 0 saturated carbocycles. The number of carbonyl (C=O) groups excluding carboxylic acids is 1. The van der Waals surface area contributed by atoms with Crippen LogP contribution < -0.4 is 10.6 Å². The molecule has 0 spiro atoms. The highest BCUT2D eigenvalue weighted by Crippen LogP contribution is 2.19.